The van der Waals surface area contributed by atoms with E-state index in [-0.39, 0.29) is 21.8 Å². The van der Waals surface area contributed by atoms with Crippen molar-refractivity contribution in [3.8, 4) is 0 Å². The number of nitrogens with one attached hydrogen (secondary N) is 1. The molecule has 0 aromatic heterocycles. The summed E-state index contributed by atoms with van der Waals surface area (Å²) in [7, 11) is -3.86. The number of sulfonamides is 1. The number of hydrogen-bond donors (Lipinski definition) is 2. The summed E-state index contributed by atoms with van der Waals surface area (Å²) in [4.78, 5) is 36.2. The van der Waals surface area contributed by atoms with E-state index >= 15 is 0 Å². The molecule has 1 amide bonds. The van der Waals surface area contributed by atoms with Crippen LogP contribution in [-0.2, 0) is 19.6 Å². The number of nitrogens with zero attached hydrogens (tertiary/aromatic N) is 1. The van der Waals surface area contributed by atoms with Crippen LogP contribution in [0, 0.1) is 10.1 Å². The fraction of sp³-hybridized carbons (Fsp3) is 0.0476. The zero-order valence-electron chi connectivity index (χ0n) is 16.8. The van der Waals surface area contributed by atoms with E-state index in [1.165, 1.54) is 48.2 Å². The Bertz CT molecular complexity index is 1300. The standard InChI is InChI=1S/C21H17N3O7S2/c22-33(29,30)17-9-7-15(8-10-17)23-20(25)13-31-21(26)14-6-11-19(18(12-14)24(27)28)32-16-4-2-1-3-5-16/h1-12H,13H2,(H,23,25)(H2,22,29,30). The first-order valence-corrected chi connectivity index (χ1v) is 11.6. The van der Waals surface area contributed by atoms with Gasteiger partial charge in [0.2, 0.25) is 10.0 Å². The van der Waals surface area contributed by atoms with Gasteiger partial charge in [-0.3, -0.25) is 14.9 Å². The van der Waals surface area contributed by atoms with Gasteiger partial charge in [-0.2, -0.15) is 0 Å². The highest BCUT2D eigenvalue weighted by molar-refractivity contribution is 7.99. The summed E-state index contributed by atoms with van der Waals surface area (Å²) < 4.78 is 27.4. The molecule has 170 valence electrons. The van der Waals surface area contributed by atoms with E-state index in [0.717, 1.165) is 11.0 Å². The number of benzene rings is 3. The zero-order chi connectivity index (χ0) is 24.0. The number of anilines is 1. The number of esters is 1. The number of nitrogens with two attached hydrogens (primary N) is 1. The van der Waals surface area contributed by atoms with Crippen LogP contribution in [0.1, 0.15) is 10.4 Å². The van der Waals surface area contributed by atoms with E-state index in [4.69, 9.17) is 9.88 Å². The molecule has 0 saturated carbocycles. The van der Waals surface area contributed by atoms with Gasteiger partial charge in [-0.15, -0.1) is 0 Å². The van der Waals surface area contributed by atoms with Crippen LogP contribution < -0.4 is 10.5 Å². The van der Waals surface area contributed by atoms with Crippen LogP contribution in [0.25, 0.3) is 0 Å². The molecule has 0 fully saturated rings. The predicted molar refractivity (Wildman–Crippen MR) is 120 cm³/mol. The number of ether oxygens (including phenoxy) is 1. The van der Waals surface area contributed by atoms with Crippen molar-refractivity contribution in [1.29, 1.82) is 0 Å². The largest absolute Gasteiger partial charge is 0.452 e. The van der Waals surface area contributed by atoms with Crippen LogP contribution in [-0.4, -0.2) is 31.8 Å². The summed E-state index contributed by atoms with van der Waals surface area (Å²) in [6, 6.07) is 18.0. The summed E-state index contributed by atoms with van der Waals surface area (Å²) in [6.45, 7) is -0.649. The number of primary sulfonamides is 1. The molecule has 3 aromatic carbocycles. The molecule has 0 aliphatic heterocycles. The number of nitro groups is 1. The molecular weight excluding hydrogens is 470 g/mol. The number of amides is 1. The van der Waals surface area contributed by atoms with Gasteiger partial charge in [0, 0.05) is 16.6 Å². The molecule has 0 heterocycles. The molecule has 0 unspecified atom stereocenters. The Hall–Kier alpha value is -3.74. The fourth-order valence-electron chi connectivity index (χ4n) is 2.63. The van der Waals surface area contributed by atoms with Gasteiger partial charge in [0.25, 0.3) is 11.6 Å². The lowest BCUT2D eigenvalue weighted by Crippen LogP contribution is -2.21. The molecule has 33 heavy (non-hydrogen) atoms. The average molecular weight is 488 g/mol. The van der Waals surface area contributed by atoms with E-state index in [0.29, 0.717) is 4.90 Å². The Morgan fingerprint density at radius 2 is 1.70 bits per heavy atom. The molecule has 3 aromatic rings. The van der Waals surface area contributed by atoms with E-state index in [9.17, 15) is 28.1 Å². The van der Waals surface area contributed by atoms with Crippen LogP contribution in [0.3, 0.4) is 0 Å². The topological polar surface area (TPSA) is 159 Å². The first-order chi connectivity index (χ1) is 15.6. The van der Waals surface area contributed by atoms with Gasteiger partial charge in [0.15, 0.2) is 6.61 Å². The van der Waals surface area contributed by atoms with Crippen LogP contribution in [0.15, 0.2) is 87.5 Å². The van der Waals surface area contributed by atoms with E-state index < -0.39 is 33.4 Å². The van der Waals surface area contributed by atoms with Crippen molar-refractivity contribution < 1.29 is 27.7 Å². The molecule has 0 spiro atoms. The van der Waals surface area contributed by atoms with E-state index in [1.54, 1.807) is 24.3 Å². The lowest BCUT2D eigenvalue weighted by Gasteiger charge is -2.08. The third kappa shape index (κ3) is 6.62. The second-order valence-corrected chi connectivity index (χ2v) is 9.23. The van der Waals surface area contributed by atoms with E-state index in [1.807, 2.05) is 6.07 Å². The molecule has 0 aliphatic rings. The first kappa shape index (κ1) is 23.9. The summed E-state index contributed by atoms with van der Waals surface area (Å²) in [5.74, 6) is -1.59. The van der Waals surface area contributed by atoms with Crippen molar-refractivity contribution in [3.05, 3.63) is 88.5 Å². The first-order valence-electron chi connectivity index (χ1n) is 9.24. The van der Waals surface area contributed by atoms with Crippen molar-refractivity contribution in [2.24, 2.45) is 5.14 Å². The second-order valence-electron chi connectivity index (χ2n) is 6.55. The number of nitro benzene ring substituents is 1. The minimum Gasteiger partial charge on any atom is -0.452 e. The molecule has 10 nitrogen and oxygen atoms in total. The van der Waals surface area contributed by atoms with Crippen LogP contribution in [0.4, 0.5) is 11.4 Å². The van der Waals surface area contributed by atoms with Crippen molar-refractivity contribution in [2.45, 2.75) is 14.7 Å². The molecule has 12 heteroatoms. The maximum atomic E-state index is 12.3. The quantitative estimate of drug-likeness (QED) is 0.278. The number of carbonyl (C=O) groups excluding carboxylic acids is 2. The van der Waals surface area contributed by atoms with Crippen molar-refractivity contribution in [1.82, 2.24) is 0 Å². The maximum Gasteiger partial charge on any atom is 0.338 e. The molecular formula is C21H17N3O7S2. The van der Waals surface area contributed by atoms with Crippen molar-refractivity contribution >= 4 is 45.0 Å². The Morgan fingerprint density at radius 1 is 1.03 bits per heavy atom. The zero-order valence-corrected chi connectivity index (χ0v) is 18.5. The fourth-order valence-corrected chi connectivity index (χ4v) is 4.06. The highest BCUT2D eigenvalue weighted by Crippen LogP contribution is 2.35. The second kappa shape index (κ2) is 10.3. The molecule has 0 saturated heterocycles. The Kier molecular flexibility index (Phi) is 7.43. The summed E-state index contributed by atoms with van der Waals surface area (Å²) >= 11 is 1.18. The smallest absolute Gasteiger partial charge is 0.338 e. The van der Waals surface area contributed by atoms with E-state index in [2.05, 4.69) is 5.32 Å². The highest BCUT2D eigenvalue weighted by Gasteiger charge is 2.20. The van der Waals surface area contributed by atoms with Gasteiger partial charge in [-0.25, -0.2) is 18.4 Å². The van der Waals surface area contributed by atoms with Gasteiger partial charge < -0.3 is 10.1 Å². The third-order valence-electron chi connectivity index (χ3n) is 4.16. The van der Waals surface area contributed by atoms with Crippen LogP contribution in [0.2, 0.25) is 0 Å². The van der Waals surface area contributed by atoms with Gasteiger partial charge in [-0.1, -0.05) is 30.0 Å². The van der Waals surface area contributed by atoms with Gasteiger partial charge in [0.1, 0.15) is 0 Å². The average Bonchev–Trinajstić information content (AvgIpc) is 2.78. The summed E-state index contributed by atoms with van der Waals surface area (Å²) in [5, 5.41) is 18.9. The summed E-state index contributed by atoms with van der Waals surface area (Å²) in [5.41, 5.74) is -0.0801. The van der Waals surface area contributed by atoms with Crippen molar-refractivity contribution in [2.75, 3.05) is 11.9 Å². The monoisotopic (exact) mass is 487 g/mol. The molecule has 0 radical (unpaired) electrons. The van der Waals surface area contributed by atoms with Crippen molar-refractivity contribution in [3.63, 3.8) is 0 Å². The lowest BCUT2D eigenvalue weighted by molar-refractivity contribution is -0.387. The Labute approximate surface area is 193 Å². The minimum atomic E-state index is -3.86. The molecule has 3 rings (SSSR count). The highest BCUT2D eigenvalue weighted by atomic mass is 32.2. The number of carbonyl (C=O) groups is 2. The number of hydrogen-bond acceptors (Lipinski definition) is 8. The Balaban J connectivity index is 1.63. The molecule has 0 bridgehead atoms. The van der Waals surface area contributed by atoms with Crippen LogP contribution >= 0.6 is 11.8 Å². The minimum absolute atomic E-state index is 0.0792. The normalized spacial score (nSPS) is 10.9. The lowest BCUT2D eigenvalue weighted by atomic mass is 10.2. The molecule has 0 aliphatic carbocycles. The van der Waals surface area contributed by atoms with Gasteiger partial charge in [0.05, 0.1) is 20.3 Å². The molecule has 0 atom stereocenters. The van der Waals surface area contributed by atoms with Gasteiger partial charge in [-0.05, 0) is 48.5 Å². The maximum absolute atomic E-state index is 12.3. The predicted octanol–water partition coefficient (Wildman–Crippen LogP) is 3.19. The van der Waals surface area contributed by atoms with Crippen LogP contribution in [0.5, 0.6) is 0 Å². The SMILES string of the molecule is NS(=O)(=O)c1ccc(NC(=O)COC(=O)c2ccc(Sc3ccccc3)c([N+](=O)[O-])c2)cc1. The summed E-state index contributed by atoms with van der Waals surface area (Å²) in [6.07, 6.45) is 0. The Morgan fingerprint density at radius 3 is 2.30 bits per heavy atom. The molecule has 3 N–H and O–H groups in total. The third-order valence-corrected chi connectivity index (χ3v) is 6.17. The number of rotatable bonds is 8. The van der Waals surface area contributed by atoms with Gasteiger partial charge >= 0.3 is 5.97 Å².